The highest BCUT2D eigenvalue weighted by molar-refractivity contribution is 6.04. The summed E-state index contributed by atoms with van der Waals surface area (Å²) in [4.78, 5) is 37.4. The van der Waals surface area contributed by atoms with E-state index in [1.165, 1.54) is 0 Å². The second kappa shape index (κ2) is 4.74. The molecule has 2 heterocycles. The molecule has 5 nitrogen and oxygen atoms in total. The van der Waals surface area contributed by atoms with Gasteiger partial charge in [-0.05, 0) is 37.0 Å². The molecule has 3 amide bonds. The van der Waals surface area contributed by atoms with Crippen LogP contribution in [0, 0.1) is 6.92 Å². The van der Waals surface area contributed by atoms with E-state index in [0.29, 0.717) is 31.4 Å². The Morgan fingerprint density at radius 3 is 2.85 bits per heavy atom. The Balaban J connectivity index is 1.88. The van der Waals surface area contributed by atoms with E-state index >= 15 is 0 Å². The number of imide groups is 1. The molecule has 2 aliphatic rings. The Kier molecular flexibility index (Phi) is 3.04. The van der Waals surface area contributed by atoms with Crippen molar-refractivity contribution in [3.63, 3.8) is 0 Å². The van der Waals surface area contributed by atoms with Gasteiger partial charge in [-0.25, -0.2) is 0 Å². The first-order chi connectivity index (χ1) is 9.56. The van der Waals surface area contributed by atoms with E-state index in [0.717, 1.165) is 11.1 Å². The van der Waals surface area contributed by atoms with Crippen molar-refractivity contribution in [2.75, 3.05) is 0 Å². The third-order valence-electron chi connectivity index (χ3n) is 3.83. The van der Waals surface area contributed by atoms with E-state index in [-0.39, 0.29) is 17.7 Å². The van der Waals surface area contributed by atoms with Gasteiger partial charge >= 0.3 is 0 Å². The summed E-state index contributed by atoms with van der Waals surface area (Å²) < 4.78 is 0. The van der Waals surface area contributed by atoms with Crippen molar-refractivity contribution in [1.29, 1.82) is 0 Å². The van der Waals surface area contributed by atoms with Gasteiger partial charge in [0.2, 0.25) is 11.8 Å². The van der Waals surface area contributed by atoms with Crippen LogP contribution in [-0.4, -0.2) is 28.7 Å². The molecule has 1 aromatic carbocycles. The van der Waals surface area contributed by atoms with Crippen molar-refractivity contribution in [3.05, 3.63) is 41.8 Å². The molecule has 0 bridgehead atoms. The number of fused-ring (bicyclic) bond motifs is 1. The van der Waals surface area contributed by atoms with Gasteiger partial charge in [-0.15, -0.1) is 0 Å². The van der Waals surface area contributed by atoms with E-state index in [1.807, 2.05) is 12.1 Å². The third-order valence-corrected chi connectivity index (χ3v) is 3.83. The van der Waals surface area contributed by atoms with Crippen LogP contribution in [0.15, 0.2) is 18.2 Å². The number of nitrogens with one attached hydrogen (secondary N) is 1. The van der Waals surface area contributed by atoms with Crippen LogP contribution in [0.3, 0.4) is 0 Å². The van der Waals surface area contributed by atoms with Crippen LogP contribution in [0.5, 0.6) is 0 Å². The van der Waals surface area contributed by atoms with Crippen LogP contribution in [0.1, 0.15) is 40.7 Å². The summed E-state index contributed by atoms with van der Waals surface area (Å²) in [6.07, 6.45) is 1.47. The van der Waals surface area contributed by atoms with Gasteiger partial charge in [0, 0.05) is 18.5 Å². The number of rotatable bonds is 1. The molecule has 1 N–H and O–H groups in total. The quantitative estimate of drug-likeness (QED) is 0.775. The van der Waals surface area contributed by atoms with Crippen molar-refractivity contribution in [3.8, 4) is 0 Å². The van der Waals surface area contributed by atoms with E-state index in [9.17, 15) is 14.4 Å². The van der Waals surface area contributed by atoms with E-state index < -0.39 is 6.04 Å². The topological polar surface area (TPSA) is 66.5 Å². The standard InChI is InChI=1S/C15H15N2O3/c1-9-5-6-10-8-17(15(20)11(10)7-9)12-3-2-4-13(18)16-14(12)19/h5-7,12H,1-4,8H2,(H,16,18,19). The molecule has 0 aromatic heterocycles. The number of hydrogen-bond donors (Lipinski definition) is 1. The summed E-state index contributed by atoms with van der Waals surface area (Å²) in [5.41, 5.74) is 2.30. The van der Waals surface area contributed by atoms with Gasteiger partial charge in [-0.2, -0.15) is 0 Å². The summed E-state index contributed by atoms with van der Waals surface area (Å²) in [5.74, 6) is -0.787. The number of benzene rings is 1. The smallest absolute Gasteiger partial charge is 0.255 e. The number of amides is 3. The van der Waals surface area contributed by atoms with Crippen LogP contribution < -0.4 is 5.32 Å². The average molecular weight is 271 g/mol. The fourth-order valence-corrected chi connectivity index (χ4v) is 2.79. The Morgan fingerprint density at radius 2 is 2.05 bits per heavy atom. The molecule has 0 saturated carbocycles. The van der Waals surface area contributed by atoms with Gasteiger partial charge in [-0.3, -0.25) is 19.7 Å². The maximum absolute atomic E-state index is 12.4. The first-order valence-corrected chi connectivity index (χ1v) is 6.66. The molecule has 20 heavy (non-hydrogen) atoms. The molecular weight excluding hydrogens is 256 g/mol. The van der Waals surface area contributed by atoms with Crippen LogP contribution in [0.25, 0.3) is 0 Å². The lowest BCUT2D eigenvalue weighted by atomic mass is 10.1. The monoisotopic (exact) mass is 271 g/mol. The SMILES string of the molecule is [CH2]c1ccc2c(c1)C(=O)N(C1CCCC(=O)NC1=O)C2. The lowest BCUT2D eigenvalue weighted by molar-refractivity contribution is -0.132. The molecular formula is C15H15N2O3. The minimum absolute atomic E-state index is 0.153. The van der Waals surface area contributed by atoms with Crippen molar-refractivity contribution in [2.24, 2.45) is 0 Å². The second-order valence-electron chi connectivity index (χ2n) is 5.25. The molecule has 3 rings (SSSR count). The lowest BCUT2D eigenvalue weighted by Crippen LogP contribution is -2.46. The van der Waals surface area contributed by atoms with Crippen LogP contribution in [0.2, 0.25) is 0 Å². The van der Waals surface area contributed by atoms with Gasteiger partial charge in [0.25, 0.3) is 5.91 Å². The molecule has 1 atom stereocenters. The van der Waals surface area contributed by atoms with Crippen molar-refractivity contribution >= 4 is 17.7 Å². The minimum Gasteiger partial charge on any atom is -0.322 e. The fraction of sp³-hybridized carbons (Fsp3) is 0.333. The van der Waals surface area contributed by atoms with E-state index in [4.69, 9.17) is 0 Å². The van der Waals surface area contributed by atoms with E-state index in [1.54, 1.807) is 11.0 Å². The molecule has 1 fully saturated rings. The molecule has 103 valence electrons. The normalized spacial score (nSPS) is 22.6. The molecule has 0 spiro atoms. The summed E-state index contributed by atoms with van der Waals surface area (Å²) in [6.45, 7) is 4.23. The average Bonchev–Trinajstić information content (AvgIpc) is 2.61. The summed E-state index contributed by atoms with van der Waals surface area (Å²) >= 11 is 0. The first-order valence-electron chi connectivity index (χ1n) is 6.66. The van der Waals surface area contributed by atoms with Crippen molar-refractivity contribution in [1.82, 2.24) is 10.2 Å². The highest BCUT2D eigenvalue weighted by atomic mass is 16.2. The van der Waals surface area contributed by atoms with Gasteiger partial charge in [-0.1, -0.05) is 12.1 Å². The minimum atomic E-state index is -0.561. The summed E-state index contributed by atoms with van der Waals surface area (Å²) in [5, 5.41) is 2.34. The summed E-state index contributed by atoms with van der Waals surface area (Å²) in [7, 11) is 0. The Labute approximate surface area is 116 Å². The zero-order chi connectivity index (χ0) is 14.3. The number of hydrogen-bond acceptors (Lipinski definition) is 3. The van der Waals surface area contributed by atoms with Gasteiger partial charge in [0.15, 0.2) is 0 Å². The van der Waals surface area contributed by atoms with Gasteiger partial charge in [0.1, 0.15) is 6.04 Å². The summed E-state index contributed by atoms with van der Waals surface area (Å²) in [6, 6.07) is 4.91. The Hall–Kier alpha value is -2.17. The Bertz CT molecular complexity index is 609. The third kappa shape index (κ3) is 2.09. The van der Waals surface area contributed by atoms with E-state index in [2.05, 4.69) is 12.2 Å². The molecule has 1 aromatic rings. The van der Waals surface area contributed by atoms with Gasteiger partial charge in [0.05, 0.1) is 0 Å². The highest BCUT2D eigenvalue weighted by Crippen LogP contribution is 2.27. The Morgan fingerprint density at radius 1 is 1.25 bits per heavy atom. The highest BCUT2D eigenvalue weighted by Gasteiger charge is 2.37. The number of nitrogens with zero attached hydrogens (tertiary/aromatic N) is 1. The maximum atomic E-state index is 12.4. The zero-order valence-corrected chi connectivity index (χ0v) is 11.0. The second-order valence-corrected chi connectivity index (χ2v) is 5.25. The largest absolute Gasteiger partial charge is 0.322 e. The molecule has 1 saturated heterocycles. The zero-order valence-electron chi connectivity index (χ0n) is 11.0. The van der Waals surface area contributed by atoms with Gasteiger partial charge < -0.3 is 4.90 Å². The number of carbonyl (C=O) groups excluding carboxylic acids is 3. The predicted molar refractivity (Wildman–Crippen MR) is 71.6 cm³/mol. The molecule has 2 aliphatic heterocycles. The van der Waals surface area contributed by atoms with Crippen LogP contribution >= 0.6 is 0 Å². The molecule has 5 heteroatoms. The lowest BCUT2D eigenvalue weighted by Gasteiger charge is -2.24. The van der Waals surface area contributed by atoms with Crippen molar-refractivity contribution < 1.29 is 14.4 Å². The first kappa shape index (κ1) is 12.8. The van der Waals surface area contributed by atoms with Crippen LogP contribution in [0.4, 0.5) is 0 Å². The molecule has 1 radical (unpaired) electrons. The maximum Gasteiger partial charge on any atom is 0.255 e. The van der Waals surface area contributed by atoms with Crippen molar-refractivity contribution in [2.45, 2.75) is 31.8 Å². The van der Waals surface area contributed by atoms with Crippen LogP contribution in [-0.2, 0) is 16.1 Å². The molecule has 0 aliphatic carbocycles. The fourth-order valence-electron chi connectivity index (χ4n) is 2.79. The molecule has 1 unspecified atom stereocenters. The number of carbonyl (C=O) groups is 3. The predicted octanol–water partition coefficient (Wildman–Crippen LogP) is 1.02.